The van der Waals surface area contributed by atoms with Gasteiger partial charge >= 0.3 is 0 Å². The lowest BCUT2D eigenvalue weighted by Gasteiger charge is -2.09. The largest absolute Gasteiger partial charge is 0.393 e. The molecule has 0 radical (unpaired) electrons. The van der Waals surface area contributed by atoms with Gasteiger partial charge in [-0.2, -0.15) is 0 Å². The summed E-state index contributed by atoms with van der Waals surface area (Å²) in [5.41, 5.74) is 8.99. The van der Waals surface area contributed by atoms with Gasteiger partial charge in [-0.15, -0.1) is 0 Å². The summed E-state index contributed by atoms with van der Waals surface area (Å²) in [4.78, 5) is 12.8. The number of hydrogen-bond donors (Lipinski definition) is 2. The molecule has 0 atom stereocenters. The highest BCUT2D eigenvalue weighted by atomic mass is 19.1. The number of aryl methyl sites for hydroxylation is 2. The molecule has 25 heavy (non-hydrogen) atoms. The fourth-order valence-electron chi connectivity index (χ4n) is 2.81. The fraction of sp³-hybridized carbons (Fsp3) is 0.100. The van der Waals surface area contributed by atoms with Crippen LogP contribution in [0, 0.1) is 19.7 Å². The first-order valence-electron chi connectivity index (χ1n) is 7.80. The van der Waals surface area contributed by atoms with E-state index in [9.17, 15) is 14.4 Å². The van der Waals surface area contributed by atoms with Crippen molar-refractivity contribution >= 4 is 11.5 Å². The van der Waals surface area contributed by atoms with Crippen molar-refractivity contribution in [3.05, 3.63) is 82.8 Å². The van der Waals surface area contributed by atoms with Gasteiger partial charge in [-0.3, -0.25) is 10.0 Å². The van der Waals surface area contributed by atoms with Gasteiger partial charge in [0.2, 0.25) is 6.20 Å². The molecule has 0 unspecified atom stereocenters. The first-order chi connectivity index (χ1) is 11.9. The number of rotatable bonds is 3. The zero-order valence-corrected chi connectivity index (χ0v) is 14.0. The van der Waals surface area contributed by atoms with Crippen LogP contribution in [0.3, 0.4) is 0 Å². The molecule has 2 aromatic carbocycles. The SMILES string of the molecule is Cc1ccc(C(=O)c2cc[n+](O)c(-c3ccccc3C)c2N)c(F)c1. The van der Waals surface area contributed by atoms with E-state index >= 15 is 0 Å². The molecule has 4 nitrogen and oxygen atoms in total. The average molecular weight is 337 g/mol. The summed E-state index contributed by atoms with van der Waals surface area (Å²) in [6.45, 7) is 3.63. The monoisotopic (exact) mass is 337 g/mol. The van der Waals surface area contributed by atoms with E-state index in [0.29, 0.717) is 11.3 Å². The van der Waals surface area contributed by atoms with Crippen LogP contribution in [0.25, 0.3) is 11.3 Å². The zero-order valence-electron chi connectivity index (χ0n) is 14.0. The van der Waals surface area contributed by atoms with Crippen molar-refractivity contribution in [3.8, 4) is 11.3 Å². The normalized spacial score (nSPS) is 10.7. The number of carbonyl (C=O) groups is 1. The highest BCUT2D eigenvalue weighted by Gasteiger charge is 2.26. The molecule has 0 aliphatic rings. The molecule has 3 aromatic rings. The van der Waals surface area contributed by atoms with Gasteiger partial charge in [0, 0.05) is 10.8 Å². The lowest BCUT2D eigenvalue weighted by atomic mass is 9.97. The smallest absolute Gasteiger partial charge is 0.288 e. The van der Waals surface area contributed by atoms with Crippen molar-refractivity contribution in [2.75, 3.05) is 5.73 Å². The van der Waals surface area contributed by atoms with Crippen LogP contribution in [0.1, 0.15) is 27.0 Å². The third-order valence-corrected chi connectivity index (χ3v) is 4.17. The third kappa shape index (κ3) is 2.96. The predicted octanol–water partition coefficient (Wildman–Crippen LogP) is 3.45. The van der Waals surface area contributed by atoms with Gasteiger partial charge in [-0.25, -0.2) is 4.39 Å². The Labute approximate surface area is 144 Å². The molecule has 0 fully saturated rings. The lowest BCUT2D eigenvalue weighted by Crippen LogP contribution is -2.34. The molecule has 1 aromatic heterocycles. The number of carbonyl (C=O) groups excluding carboxylic acids is 1. The maximum atomic E-state index is 14.2. The molecule has 0 spiro atoms. The average Bonchev–Trinajstić information content (AvgIpc) is 2.56. The van der Waals surface area contributed by atoms with E-state index in [1.807, 2.05) is 25.1 Å². The van der Waals surface area contributed by atoms with Crippen LogP contribution in [0.2, 0.25) is 0 Å². The number of nitrogens with two attached hydrogens (primary N) is 1. The van der Waals surface area contributed by atoms with Gasteiger partial charge in [0.1, 0.15) is 11.5 Å². The Morgan fingerprint density at radius 3 is 2.48 bits per heavy atom. The molecule has 126 valence electrons. The summed E-state index contributed by atoms with van der Waals surface area (Å²) in [6.07, 6.45) is 1.33. The van der Waals surface area contributed by atoms with Gasteiger partial charge in [0.25, 0.3) is 5.69 Å². The maximum Gasteiger partial charge on any atom is 0.288 e. The van der Waals surface area contributed by atoms with Gasteiger partial charge in [0.15, 0.2) is 5.78 Å². The second-order valence-electron chi connectivity index (χ2n) is 5.96. The minimum Gasteiger partial charge on any atom is -0.393 e. The Morgan fingerprint density at radius 2 is 1.80 bits per heavy atom. The van der Waals surface area contributed by atoms with Crippen LogP contribution in [0.5, 0.6) is 0 Å². The van der Waals surface area contributed by atoms with Crippen LogP contribution < -0.4 is 10.5 Å². The topological polar surface area (TPSA) is 67.2 Å². The molecule has 1 heterocycles. The molecule has 0 bridgehead atoms. The van der Waals surface area contributed by atoms with E-state index in [-0.39, 0.29) is 16.8 Å². The minimum atomic E-state index is -0.595. The molecule has 0 aliphatic carbocycles. The first-order valence-corrected chi connectivity index (χ1v) is 7.80. The molecule has 0 saturated carbocycles. The quantitative estimate of drug-likeness (QED) is 0.437. The van der Waals surface area contributed by atoms with Crippen LogP contribution in [-0.4, -0.2) is 11.0 Å². The van der Waals surface area contributed by atoms with Crippen molar-refractivity contribution in [2.45, 2.75) is 13.8 Å². The molecular formula is C20H18FN2O2+. The number of nitrogens with zero attached hydrogens (tertiary/aromatic N) is 1. The van der Waals surface area contributed by atoms with E-state index in [0.717, 1.165) is 15.9 Å². The number of anilines is 1. The standard InChI is InChI=1S/C20H17FN2O2/c1-12-7-8-15(17(21)11-12)20(24)16-9-10-23(25)19(18(16)22)14-6-4-3-5-13(14)2/h3-11H,1-2H3,(H2-,22,24,25)/p+1. The first kappa shape index (κ1) is 16.6. The number of nitrogen functional groups attached to an aromatic ring is 1. The third-order valence-electron chi connectivity index (χ3n) is 4.17. The van der Waals surface area contributed by atoms with Gasteiger partial charge < -0.3 is 5.73 Å². The van der Waals surface area contributed by atoms with Crippen LogP contribution >= 0.6 is 0 Å². The van der Waals surface area contributed by atoms with Crippen molar-refractivity contribution < 1.29 is 19.1 Å². The van der Waals surface area contributed by atoms with Crippen molar-refractivity contribution in [1.29, 1.82) is 0 Å². The summed E-state index contributed by atoms with van der Waals surface area (Å²) >= 11 is 0. The van der Waals surface area contributed by atoms with Crippen LogP contribution in [0.4, 0.5) is 10.1 Å². The number of aromatic nitrogens is 1. The summed E-state index contributed by atoms with van der Waals surface area (Å²) in [7, 11) is 0. The van der Waals surface area contributed by atoms with Gasteiger partial charge in [-0.1, -0.05) is 24.3 Å². The number of ketones is 1. The van der Waals surface area contributed by atoms with E-state index in [2.05, 4.69) is 0 Å². The van der Waals surface area contributed by atoms with E-state index in [4.69, 9.17) is 5.73 Å². The Hall–Kier alpha value is -3.21. The Kier molecular flexibility index (Phi) is 4.23. The summed E-state index contributed by atoms with van der Waals surface area (Å²) in [5, 5.41) is 10.2. The Bertz CT molecular complexity index is 983. The molecule has 0 saturated heterocycles. The van der Waals surface area contributed by atoms with Gasteiger partial charge in [0.05, 0.1) is 16.7 Å². The number of pyridine rings is 1. The number of halogens is 1. The second kappa shape index (κ2) is 6.36. The molecule has 0 aliphatic heterocycles. The van der Waals surface area contributed by atoms with E-state index < -0.39 is 11.6 Å². The van der Waals surface area contributed by atoms with Gasteiger partial charge in [-0.05, 0) is 43.2 Å². The number of hydrogen-bond acceptors (Lipinski definition) is 3. The van der Waals surface area contributed by atoms with Crippen LogP contribution in [0.15, 0.2) is 54.7 Å². The second-order valence-corrected chi connectivity index (χ2v) is 5.96. The molecule has 5 heteroatoms. The highest BCUT2D eigenvalue weighted by molar-refractivity contribution is 6.13. The Morgan fingerprint density at radius 1 is 1.08 bits per heavy atom. The predicted molar refractivity (Wildman–Crippen MR) is 93.0 cm³/mol. The summed E-state index contributed by atoms with van der Waals surface area (Å²) in [6, 6.07) is 13.2. The minimum absolute atomic E-state index is 0.0521. The summed E-state index contributed by atoms with van der Waals surface area (Å²) in [5.74, 6) is -1.12. The fourth-order valence-corrected chi connectivity index (χ4v) is 2.81. The van der Waals surface area contributed by atoms with E-state index in [1.54, 1.807) is 19.1 Å². The zero-order chi connectivity index (χ0) is 18.1. The van der Waals surface area contributed by atoms with E-state index in [1.165, 1.54) is 24.4 Å². The van der Waals surface area contributed by atoms with Crippen molar-refractivity contribution in [3.63, 3.8) is 0 Å². The molecule has 0 amide bonds. The van der Waals surface area contributed by atoms with Crippen LogP contribution in [-0.2, 0) is 0 Å². The summed E-state index contributed by atoms with van der Waals surface area (Å²) < 4.78 is 15.0. The molecule has 3 N–H and O–H groups in total. The Balaban J connectivity index is 2.17. The van der Waals surface area contributed by atoms with Crippen molar-refractivity contribution in [2.24, 2.45) is 0 Å². The molecule has 3 rings (SSSR count). The maximum absolute atomic E-state index is 14.2. The lowest BCUT2D eigenvalue weighted by molar-refractivity contribution is -0.895. The van der Waals surface area contributed by atoms with Crippen molar-refractivity contribution in [1.82, 2.24) is 0 Å². The molecular weight excluding hydrogens is 319 g/mol. The number of benzene rings is 2. The highest BCUT2D eigenvalue weighted by Crippen LogP contribution is 2.29.